The van der Waals surface area contributed by atoms with Gasteiger partial charge in [-0.25, -0.2) is 4.79 Å². The van der Waals surface area contributed by atoms with Gasteiger partial charge in [0.1, 0.15) is 0 Å². The highest BCUT2D eigenvalue weighted by Gasteiger charge is 2.26. The Kier molecular flexibility index (Phi) is 3.46. The number of carbonyl (C=O) groups is 1. The third-order valence-corrected chi connectivity index (χ3v) is 3.35. The Morgan fingerprint density at radius 1 is 1.33 bits per heavy atom. The molecular weight excluding hydrogens is 194 g/mol. The summed E-state index contributed by atoms with van der Waals surface area (Å²) >= 11 is 0. The second-order valence-corrected chi connectivity index (χ2v) is 4.59. The Morgan fingerprint density at radius 2 is 2.07 bits per heavy atom. The number of hydrogen-bond acceptors (Lipinski definition) is 3. The van der Waals surface area contributed by atoms with Crippen molar-refractivity contribution in [2.45, 2.75) is 38.2 Å². The summed E-state index contributed by atoms with van der Waals surface area (Å²) < 4.78 is 4.99. The van der Waals surface area contributed by atoms with Gasteiger partial charge in [0.15, 0.2) is 0 Å². The molecule has 1 aliphatic carbocycles. The van der Waals surface area contributed by atoms with E-state index in [2.05, 4.69) is 0 Å². The van der Waals surface area contributed by atoms with E-state index in [1.807, 2.05) is 4.90 Å². The lowest BCUT2D eigenvalue weighted by Gasteiger charge is -2.32. The molecule has 4 nitrogen and oxygen atoms in total. The van der Waals surface area contributed by atoms with Gasteiger partial charge in [-0.1, -0.05) is 0 Å². The van der Waals surface area contributed by atoms with Gasteiger partial charge in [0, 0.05) is 13.1 Å². The largest absolute Gasteiger partial charge is 0.449 e. The molecule has 1 N–H and O–H groups in total. The van der Waals surface area contributed by atoms with Gasteiger partial charge < -0.3 is 14.7 Å². The van der Waals surface area contributed by atoms with Crippen molar-refractivity contribution in [2.75, 3.05) is 19.7 Å². The molecule has 1 saturated heterocycles. The van der Waals surface area contributed by atoms with E-state index in [-0.39, 0.29) is 12.2 Å². The molecule has 2 fully saturated rings. The fraction of sp³-hybridized carbons (Fsp3) is 0.909. The molecular formula is C11H19NO3. The predicted molar refractivity (Wildman–Crippen MR) is 55.5 cm³/mol. The Bertz CT molecular complexity index is 224. The molecule has 15 heavy (non-hydrogen) atoms. The lowest BCUT2D eigenvalue weighted by Crippen LogP contribution is -2.41. The van der Waals surface area contributed by atoms with E-state index < -0.39 is 0 Å². The number of nitrogens with zero attached hydrogens (tertiary/aromatic N) is 1. The first-order valence-electron chi connectivity index (χ1n) is 5.85. The number of rotatable bonds is 2. The summed E-state index contributed by atoms with van der Waals surface area (Å²) in [4.78, 5) is 13.2. The van der Waals surface area contributed by atoms with Crippen LogP contribution in [0.25, 0.3) is 0 Å². The Morgan fingerprint density at radius 3 is 2.73 bits per heavy atom. The molecule has 2 rings (SSSR count). The van der Waals surface area contributed by atoms with Crippen LogP contribution in [0.4, 0.5) is 4.79 Å². The maximum atomic E-state index is 11.4. The van der Waals surface area contributed by atoms with Crippen molar-refractivity contribution < 1.29 is 14.6 Å². The zero-order valence-electron chi connectivity index (χ0n) is 9.02. The Balaban J connectivity index is 1.78. The minimum atomic E-state index is -0.160. The summed E-state index contributed by atoms with van der Waals surface area (Å²) in [6.45, 7) is 2.21. The molecule has 0 aromatic rings. The number of carbonyl (C=O) groups excluding carboxylic acids is 1. The van der Waals surface area contributed by atoms with E-state index in [1.165, 1.54) is 0 Å². The predicted octanol–water partition coefficient (Wildman–Crippen LogP) is 1.38. The average Bonchev–Trinajstić information content (AvgIpc) is 2.25. The van der Waals surface area contributed by atoms with Crippen LogP contribution in [0.1, 0.15) is 32.1 Å². The Hall–Kier alpha value is -0.770. The van der Waals surface area contributed by atoms with Gasteiger partial charge in [0.2, 0.25) is 0 Å². The van der Waals surface area contributed by atoms with Crippen molar-refractivity contribution in [2.24, 2.45) is 5.92 Å². The SMILES string of the molecule is O=C1OCCCN1CC1CCC(O)CC1. The highest BCUT2D eigenvalue weighted by Crippen LogP contribution is 2.25. The highest BCUT2D eigenvalue weighted by atomic mass is 16.6. The van der Waals surface area contributed by atoms with Gasteiger partial charge in [-0.3, -0.25) is 0 Å². The molecule has 86 valence electrons. The number of amides is 1. The zero-order chi connectivity index (χ0) is 10.7. The van der Waals surface area contributed by atoms with Crippen LogP contribution >= 0.6 is 0 Å². The summed E-state index contributed by atoms with van der Waals surface area (Å²) in [5, 5.41) is 9.38. The van der Waals surface area contributed by atoms with Crippen molar-refractivity contribution in [3.8, 4) is 0 Å². The minimum absolute atomic E-state index is 0.116. The molecule has 0 aromatic heterocycles. The second-order valence-electron chi connectivity index (χ2n) is 4.59. The number of hydrogen-bond donors (Lipinski definition) is 1. The van der Waals surface area contributed by atoms with E-state index in [0.29, 0.717) is 12.5 Å². The first-order chi connectivity index (χ1) is 7.25. The number of aliphatic hydroxyl groups excluding tert-OH is 1. The molecule has 1 aliphatic heterocycles. The van der Waals surface area contributed by atoms with Gasteiger partial charge in [-0.15, -0.1) is 0 Å². The molecule has 0 unspecified atom stereocenters. The molecule has 1 heterocycles. The lowest BCUT2D eigenvalue weighted by atomic mass is 9.87. The van der Waals surface area contributed by atoms with E-state index in [1.54, 1.807) is 0 Å². The van der Waals surface area contributed by atoms with Crippen LogP contribution in [0, 0.1) is 5.92 Å². The van der Waals surface area contributed by atoms with Crippen molar-refractivity contribution in [3.63, 3.8) is 0 Å². The zero-order valence-corrected chi connectivity index (χ0v) is 9.02. The third-order valence-electron chi connectivity index (χ3n) is 3.35. The van der Waals surface area contributed by atoms with Crippen LogP contribution < -0.4 is 0 Å². The molecule has 1 amide bonds. The van der Waals surface area contributed by atoms with Crippen LogP contribution in [0.15, 0.2) is 0 Å². The summed E-state index contributed by atoms with van der Waals surface area (Å²) in [7, 11) is 0. The smallest absolute Gasteiger partial charge is 0.409 e. The van der Waals surface area contributed by atoms with Gasteiger partial charge in [-0.2, -0.15) is 0 Å². The summed E-state index contributed by atoms with van der Waals surface area (Å²) in [6, 6.07) is 0. The number of cyclic esters (lactones) is 1. The first-order valence-corrected chi connectivity index (χ1v) is 5.85. The van der Waals surface area contributed by atoms with Crippen LogP contribution in [-0.2, 0) is 4.74 Å². The monoisotopic (exact) mass is 213 g/mol. The summed E-state index contributed by atoms with van der Waals surface area (Å²) in [5.41, 5.74) is 0. The molecule has 0 radical (unpaired) electrons. The van der Waals surface area contributed by atoms with E-state index in [0.717, 1.165) is 45.2 Å². The van der Waals surface area contributed by atoms with Crippen LogP contribution in [-0.4, -0.2) is 41.9 Å². The number of aliphatic hydroxyl groups is 1. The molecule has 0 atom stereocenters. The maximum Gasteiger partial charge on any atom is 0.409 e. The van der Waals surface area contributed by atoms with Gasteiger partial charge >= 0.3 is 6.09 Å². The van der Waals surface area contributed by atoms with Gasteiger partial charge in [-0.05, 0) is 38.0 Å². The fourth-order valence-electron chi connectivity index (χ4n) is 2.40. The molecule has 1 saturated carbocycles. The van der Waals surface area contributed by atoms with Crippen molar-refractivity contribution >= 4 is 6.09 Å². The van der Waals surface area contributed by atoms with Gasteiger partial charge in [0.25, 0.3) is 0 Å². The van der Waals surface area contributed by atoms with E-state index >= 15 is 0 Å². The highest BCUT2D eigenvalue weighted by molar-refractivity contribution is 5.68. The fourth-order valence-corrected chi connectivity index (χ4v) is 2.40. The summed E-state index contributed by atoms with van der Waals surface area (Å²) in [6.07, 6.45) is 4.50. The maximum absolute atomic E-state index is 11.4. The van der Waals surface area contributed by atoms with E-state index in [4.69, 9.17) is 4.74 Å². The molecule has 2 aliphatic rings. The van der Waals surface area contributed by atoms with Crippen molar-refractivity contribution in [1.29, 1.82) is 0 Å². The molecule has 0 spiro atoms. The third kappa shape index (κ3) is 2.84. The molecule has 0 bridgehead atoms. The van der Waals surface area contributed by atoms with E-state index in [9.17, 15) is 9.90 Å². The molecule has 4 heteroatoms. The van der Waals surface area contributed by atoms with Crippen molar-refractivity contribution in [3.05, 3.63) is 0 Å². The minimum Gasteiger partial charge on any atom is -0.449 e. The van der Waals surface area contributed by atoms with Gasteiger partial charge in [0.05, 0.1) is 12.7 Å². The van der Waals surface area contributed by atoms with Crippen LogP contribution in [0.3, 0.4) is 0 Å². The lowest BCUT2D eigenvalue weighted by molar-refractivity contribution is 0.0538. The quantitative estimate of drug-likeness (QED) is 0.754. The average molecular weight is 213 g/mol. The first kappa shape index (κ1) is 10.7. The molecule has 0 aromatic carbocycles. The number of ether oxygens (including phenoxy) is 1. The van der Waals surface area contributed by atoms with Crippen molar-refractivity contribution in [1.82, 2.24) is 4.90 Å². The standard InChI is InChI=1S/C11H19NO3/c13-10-4-2-9(3-5-10)8-12-6-1-7-15-11(12)14/h9-10,13H,1-8H2. The topological polar surface area (TPSA) is 49.8 Å². The summed E-state index contributed by atoms with van der Waals surface area (Å²) in [5.74, 6) is 0.555. The van der Waals surface area contributed by atoms with Crippen LogP contribution in [0.2, 0.25) is 0 Å². The van der Waals surface area contributed by atoms with Crippen LogP contribution in [0.5, 0.6) is 0 Å². The Labute approximate surface area is 90.2 Å². The normalized spacial score (nSPS) is 32.6. The second kappa shape index (κ2) is 4.84.